The molecule has 0 aliphatic heterocycles. The fourth-order valence-electron chi connectivity index (χ4n) is 1.69. The average Bonchev–Trinajstić information content (AvgIpc) is 2.34. The van der Waals surface area contributed by atoms with E-state index in [4.69, 9.17) is 9.84 Å². The number of amides is 1. The van der Waals surface area contributed by atoms with Crippen LogP contribution in [0.5, 0.6) is 0 Å². The molecule has 0 saturated heterocycles. The summed E-state index contributed by atoms with van der Waals surface area (Å²) in [5, 5.41) is 11.4. The maximum atomic E-state index is 11.8. The van der Waals surface area contributed by atoms with Crippen LogP contribution in [0, 0.1) is 0 Å². The maximum absolute atomic E-state index is 11.8. The van der Waals surface area contributed by atoms with E-state index in [1.807, 2.05) is 30.3 Å². The third-order valence-corrected chi connectivity index (χ3v) is 2.47. The first-order valence-electron chi connectivity index (χ1n) is 6.71. The molecule has 0 bridgehead atoms. The van der Waals surface area contributed by atoms with Crippen molar-refractivity contribution in [1.82, 2.24) is 5.32 Å². The van der Waals surface area contributed by atoms with Crippen molar-refractivity contribution >= 4 is 12.1 Å². The van der Waals surface area contributed by atoms with Gasteiger partial charge in [-0.1, -0.05) is 36.4 Å². The van der Waals surface area contributed by atoms with E-state index < -0.39 is 23.7 Å². The number of hydrogen-bond acceptors (Lipinski definition) is 3. The Bertz CT molecular complexity index is 503. The summed E-state index contributed by atoms with van der Waals surface area (Å²) >= 11 is 0. The Morgan fingerprint density at radius 3 is 2.43 bits per heavy atom. The molecule has 1 aromatic rings. The summed E-state index contributed by atoms with van der Waals surface area (Å²) < 4.78 is 5.18. The zero-order valence-electron chi connectivity index (χ0n) is 12.5. The zero-order chi connectivity index (χ0) is 15.9. The monoisotopic (exact) mass is 291 g/mol. The Labute approximate surface area is 124 Å². The van der Waals surface area contributed by atoms with Crippen LogP contribution in [0.15, 0.2) is 42.5 Å². The van der Waals surface area contributed by atoms with Gasteiger partial charge in [-0.25, -0.2) is 9.59 Å². The lowest BCUT2D eigenvalue weighted by Crippen LogP contribution is -2.39. The molecule has 0 saturated carbocycles. The van der Waals surface area contributed by atoms with Crippen molar-refractivity contribution in [3.05, 3.63) is 48.0 Å². The SMILES string of the molecule is CC(C)(C)OC(=O)N[C@@H](C=CC(=O)O)Cc1ccccc1. The summed E-state index contributed by atoms with van der Waals surface area (Å²) in [7, 11) is 0. The molecule has 1 amide bonds. The highest BCUT2D eigenvalue weighted by atomic mass is 16.6. The smallest absolute Gasteiger partial charge is 0.408 e. The molecule has 114 valence electrons. The summed E-state index contributed by atoms with van der Waals surface area (Å²) in [4.78, 5) is 22.4. The van der Waals surface area contributed by atoms with Crippen LogP contribution in [-0.2, 0) is 16.0 Å². The number of rotatable bonds is 5. The number of carboxylic acid groups (broad SMARTS) is 1. The fourth-order valence-corrected chi connectivity index (χ4v) is 1.69. The van der Waals surface area contributed by atoms with Crippen LogP contribution in [0.1, 0.15) is 26.3 Å². The van der Waals surface area contributed by atoms with E-state index in [9.17, 15) is 9.59 Å². The van der Waals surface area contributed by atoms with Gasteiger partial charge in [-0.2, -0.15) is 0 Å². The van der Waals surface area contributed by atoms with Crippen LogP contribution in [0.2, 0.25) is 0 Å². The predicted octanol–water partition coefficient (Wildman–Crippen LogP) is 2.76. The van der Waals surface area contributed by atoms with Crippen LogP contribution in [0.4, 0.5) is 4.79 Å². The van der Waals surface area contributed by atoms with Gasteiger partial charge >= 0.3 is 12.1 Å². The van der Waals surface area contributed by atoms with E-state index in [-0.39, 0.29) is 0 Å². The minimum Gasteiger partial charge on any atom is -0.478 e. The van der Waals surface area contributed by atoms with Gasteiger partial charge in [0, 0.05) is 6.08 Å². The Morgan fingerprint density at radius 2 is 1.90 bits per heavy atom. The molecule has 5 heteroatoms. The first-order valence-corrected chi connectivity index (χ1v) is 6.71. The third kappa shape index (κ3) is 7.77. The molecule has 5 nitrogen and oxygen atoms in total. The minimum atomic E-state index is -1.06. The number of carboxylic acids is 1. The van der Waals surface area contributed by atoms with Crippen LogP contribution in [-0.4, -0.2) is 28.8 Å². The molecule has 0 aliphatic carbocycles. The number of carbonyl (C=O) groups excluding carboxylic acids is 1. The Hall–Kier alpha value is -2.30. The molecule has 1 atom stereocenters. The highest BCUT2D eigenvalue weighted by molar-refractivity contribution is 5.80. The summed E-state index contributed by atoms with van der Waals surface area (Å²) in [6, 6.07) is 9.06. The number of benzene rings is 1. The second-order valence-electron chi connectivity index (χ2n) is 5.64. The van der Waals surface area contributed by atoms with Gasteiger partial charge in [-0.3, -0.25) is 0 Å². The molecular weight excluding hydrogens is 270 g/mol. The molecular formula is C16H21NO4. The number of ether oxygens (including phenoxy) is 1. The highest BCUT2D eigenvalue weighted by Gasteiger charge is 2.18. The van der Waals surface area contributed by atoms with E-state index in [0.29, 0.717) is 6.42 Å². The van der Waals surface area contributed by atoms with Gasteiger partial charge < -0.3 is 15.2 Å². The van der Waals surface area contributed by atoms with Crippen LogP contribution in [0.25, 0.3) is 0 Å². The summed E-state index contributed by atoms with van der Waals surface area (Å²) in [6.45, 7) is 5.31. The van der Waals surface area contributed by atoms with Crippen LogP contribution >= 0.6 is 0 Å². The Kier molecular flexibility index (Phi) is 5.96. The number of aliphatic carboxylic acids is 1. The lowest BCUT2D eigenvalue weighted by Gasteiger charge is -2.22. The number of alkyl carbamates (subject to hydrolysis) is 1. The van der Waals surface area contributed by atoms with E-state index in [1.165, 1.54) is 6.08 Å². The maximum Gasteiger partial charge on any atom is 0.408 e. The van der Waals surface area contributed by atoms with Crippen molar-refractivity contribution in [3.8, 4) is 0 Å². The van der Waals surface area contributed by atoms with Crippen LogP contribution in [0.3, 0.4) is 0 Å². The summed E-state index contributed by atoms with van der Waals surface area (Å²) in [5.74, 6) is -1.06. The van der Waals surface area contributed by atoms with Crippen molar-refractivity contribution in [3.63, 3.8) is 0 Å². The minimum absolute atomic E-state index is 0.446. The summed E-state index contributed by atoms with van der Waals surface area (Å²) in [6.07, 6.45) is 2.38. The number of hydrogen-bond donors (Lipinski definition) is 2. The number of nitrogens with one attached hydrogen (secondary N) is 1. The van der Waals surface area contributed by atoms with Crippen molar-refractivity contribution in [2.45, 2.75) is 38.8 Å². The molecule has 0 fully saturated rings. The topological polar surface area (TPSA) is 75.6 Å². The molecule has 0 unspecified atom stereocenters. The second-order valence-corrected chi connectivity index (χ2v) is 5.64. The van der Waals surface area contributed by atoms with Gasteiger partial charge in [0.1, 0.15) is 5.60 Å². The predicted molar refractivity (Wildman–Crippen MR) is 80.1 cm³/mol. The van der Waals surface area contributed by atoms with E-state index in [2.05, 4.69) is 5.32 Å². The normalized spacial score (nSPS) is 12.9. The highest BCUT2D eigenvalue weighted by Crippen LogP contribution is 2.09. The second kappa shape index (κ2) is 7.47. The van der Waals surface area contributed by atoms with Crippen molar-refractivity contribution in [2.24, 2.45) is 0 Å². The molecule has 2 N–H and O–H groups in total. The first-order chi connectivity index (χ1) is 9.76. The van der Waals surface area contributed by atoms with Crippen LogP contribution < -0.4 is 5.32 Å². The molecule has 0 heterocycles. The van der Waals surface area contributed by atoms with E-state index in [1.54, 1.807) is 20.8 Å². The zero-order valence-corrected chi connectivity index (χ0v) is 12.5. The van der Waals surface area contributed by atoms with E-state index in [0.717, 1.165) is 11.6 Å². The van der Waals surface area contributed by atoms with Gasteiger partial charge in [0.15, 0.2) is 0 Å². The first kappa shape index (κ1) is 16.8. The fraction of sp³-hybridized carbons (Fsp3) is 0.375. The molecule has 21 heavy (non-hydrogen) atoms. The van der Waals surface area contributed by atoms with E-state index >= 15 is 0 Å². The summed E-state index contributed by atoms with van der Waals surface area (Å²) in [5.41, 5.74) is 0.395. The van der Waals surface area contributed by atoms with Crippen molar-refractivity contribution < 1.29 is 19.4 Å². The molecule has 0 aromatic heterocycles. The molecule has 0 spiro atoms. The lowest BCUT2D eigenvalue weighted by molar-refractivity contribution is -0.131. The Morgan fingerprint density at radius 1 is 1.29 bits per heavy atom. The van der Waals surface area contributed by atoms with Crippen molar-refractivity contribution in [2.75, 3.05) is 0 Å². The third-order valence-electron chi connectivity index (χ3n) is 2.47. The molecule has 1 aromatic carbocycles. The van der Waals surface area contributed by atoms with Crippen molar-refractivity contribution in [1.29, 1.82) is 0 Å². The quantitative estimate of drug-likeness (QED) is 0.818. The van der Waals surface area contributed by atoms with Gasteiger partial charge in [0.05, 0.1) is 6.04 Å². The Balaban J connectivity index is 2.73. The van der Waals surface area contributed by atoms with Gasteiger partial charge in [-0.05, 0) is 32.8 Å². The molecule has 0 radical (unpaired) electrons. The molecule has 0 aliphatic rings. The standard InChI is InChI=1S/C16H21NO4/c1-16(2,3)21-15(20)17-13(9-10-14(18)19)11-12-7-5-4-6-8-12/h4-10,13H,11H2,1-3H3,(H,17,20)(H,18,19)/t13-/m0/s1. The van der Waals surface area contributed by atoms with Gasteiger partial charge in [0.2, 0.25) is 0 Å². The lowest BCUT2D eigenvalue weighted by atomic mass is 10.1. The number of carbonyl (C=O) groups is 2. The average molecular weight is 291 g/mol. The van der Waals surface area contributed by atoms with Gasteiger partial charge in [-0.15, -0.1) is 0 Å². The molecule has 1 rings (SSSR count). The largest absolute Gasteiger partial charge is 0.478 e. The van der Waals surface area contributed by atoms with Gasteiger partial charge in [0.25, 0.3) is 0 Å².